The maximum absolute atomic E-state index is 11.3. The Labute approximate surface area is 112 Å². The second-order valence-corrected chi connectivity index (χ2v) is 5.14. The molecule has 0 bridgehead atoms. The number of alkyl halides is 2. The fourth-order valence-electron chi connectivity index (χ4n) is 1.02. The zero-order chi connectivity index (χ0) is 11.8. The molecule has 0 aliphatic carbocycles. The summed E-state index contributed by atoms with van der Waals surface area (Å²) >= 11 is 6.69. The van der Waals surface area contributed by atoms with Crippen molar-refractivity contribution in [2.75, 3.05) is 11.9 Å². The van der Waals surface area contributed by atoms with Crippen molar-refractivity contribution in [1.82, 2.24) is 5.32 Å². The van der Waals surface area contributed by atoms with Crippen molar-refractivity contribution >= 4 is 38.0 Å². The lowest BCUT2D eigenvalue weighted by atomic mass is 10.2. The molecule has 1 aromatic carbocycles. The van der Waals surface area contributed by atoms with Crippen LogP contribution in [0.1, 0.15) is 5.56 Å². The van der Waals surface area contributed by atoms with Gasteiger partial charge in [0.05, 0.1) is 0 Å². The molecule has 0 aliphatic heterocycles. The van der Waals surface area contributed by atoms with Gasteiger partial charge in [0.15, 0.2) is 0 Å². The van der Waals surface area contributed by atoms with Crippen LogP contribution >= 0.6 is 31.9 Å². The average Bonchev–Trinajstić information content (AvgIpc) is 2.34. The molecule has 0 saturated heterocycles. The van der Waals surface area contributed by atoms with Gasteiger partial charge in [0, 0.05) is 16.7 Å². The van der Waals surface area contributed by atoms with Crippen LogP contribution < -0.4 is 5.32 Å². The van der Waals surface area contributed by atoms with E-state index in [2.05, 4.69) is 37.2 Å². The molecule has 1 aromatic rings. The average molecular weight is 351 g/mol. The van der Waals surface area contributed by atoms with E-state index in [1.165, 1.54) is 0 Å². The highest BCUT2D eigenvalue weighted by Crippen LogP contribution is 2.03. The Morgan fingerprint density at radius 1 is 1.38 bits per heavy atom. The summed E-state index contributed by atoms with van der Waals surface area (Å²) in [6.07, 6.45) is -0.394. The third kappa shape index (κ3) is 5.51. The van der Waals surface area contributed by atoms with Crippen molar-refractivity contribution in [3.8, 4) is 0 Å². The van der Waals surface area contributed by atoms with E-state index in [1.807, 2.05) is 30.3 Å². The first-order valence-corrected chi connectivity index (χ1v) is 6.90. The van der Waals surface area contributed by atoms with E-state index in [0.717, 1.165) is 10.9 Å². The Kier molecular flexibility index (Phi) is 6.49. The Morgan fingerprint density at radius 2 is 2.06 bits per heavy atom. The summed E-state index contributed by atoms with van der Waals surface area (Å²) in [5.74, 6) is 0. The van der Waals surface area contributed by atoms with Gasteiger partial charge >= 0.3 is 6.09 Å². The lowest BCUT2D eigenvalue weighted by Crippen LogP contribution is -2.30. The van der Waals surface area contributed by atoms with Crippen molar-refractivity contribution in [2.45, 2.75) is 11.4 Å². The van der Waals surface area contributed by atoms with E-state index < -0.39 is 6.09 Å². The predicted molar refractivity (Wildman–Crippen MR) is 71.1 cm³/mol. The van der Waals surface area contributed by atoms with Crippen molar-refractivity contribution in [3.05, 3.63) is 35.9 Å². The van der Waals surface area contributed by atoms with Gasteiger partial charge in [-0.2, -0.15) is 0 Å². The van der Waals surface area contributed by atoms with Gasteiger partial charge in [-0.15, -0.1) is 0 Å². The molecule has 1 atom stereocenters. The first-order chi connectivity index (χ1) is 7.72. The lowest BCUT2D eigenvalue weighted by Gasteiger charge is -2.09. The normalized spacial score (nSPS) is 11.9. The summed E-state index contributed by atoms with van der Waals surface area (Å²) in [4.78, 5) is 11.5. The van der Waals surface area contributed by atoms with Crippen LogP contribution in [-0.4, -0.2) is 22.8 Å². The fourth-order valence-corrected chi connectivity index (χ4v) is 1.41. The molecular formula is C11H13Br2NO2. The minimum atomic E-state index is -0.394. The van der Waals surface area contributed by atoms with Crippen LogP contribution in [-0.2, 0) is 11.3 Å². The number of carbonyl (C=O) groups is 1. The van der Waals surface area contributed by atoms with Crippen LogP contribution in [0.3, 0.4) is 0 Å². The molecule has 0 spiro atoms. The zero-order valence-electron chi connectivity index (χ0n) is 8.66. The first-order valence-electron chi connectivity index (χ1n) is 4.87. The highest BCUT2D eigenvalue weighted by molar-refractivity contribution is 9.12. The molecule has 88 valence electrons. The highest BCUT2D eigenvalue weighted by atomic mass is 79.9. The van der Waals surface area contributed by atoms with E-state index in [0.29, 0.717) is 13.2 Å². The third-order valence-corrected chi connectivity index (χ3v) is 4.15. The number of carbonyl (C=O) groups excluding carboxylic acids is 1. The summed E-state index contributed by atoms with van der Waals surface area (Å²) in [6, 6.07) is 9.58. The van der Waals surface area contributed by atoms with Crippen LogP contribution in [0.4, 0.5) is 4.79 Å². The molecule has 5 heteroatoms. The van der Waals surface area contributed by atoms with Crippen LogP contribution in [0, 0.1) is 0 Å². The minimum absolute atomic E-state index is 0.219. The minimum Gasteiger partial charge on any atom is -0.445 e. The van der Waals surface area contributed by atoms with E-state index in [-0.39, 0.29) is 4.83 Å². The van der Waals surface area contributed by atoms with Crippen LogP contribution in [0.15, 0.2) is 30.3 Å². The number of amides is 1. The SMILES string of the molecule is O=C(NCC(Br)CBr)OCc1ccccc1. The zero-order valence-corrected chi connectivity index (χ0v) is 11.8. The van der Waals surface area contributed by atoms with Crippen molar-refractivity contribution in [2.24, 2.45) is 0 Å². The second-order valence-electron chi connectivity index (χ2n) is 3.19. The predicted octanol–water partition coefficient (Wildman–Crippen LogP) is 3.07. The fraction of sp³-hybridized carbons (Fsp3) is 0.364. The molecule has 0 radical (unpaired) electrons. The van der Waals surface area contributed by atoms with Gasteiger partial charge in [-0.05, 0) is 5.56 Å². The molecule has 1 N–H and O–H groups in total. The maximum atomic E-state index is 11.3. The van der Waals surface area contributed by atoms with E-state index in [4.69, 9.17) is 4.74 Å². The largest absolute Gasteiger partial charge is 0.445 e. The molecule has 3 nitrogen and oxygen atoms in total. The first kappa shape index (κ1) is 13.5. The number of nitrogens with one attached hydrogen (secondary N) is 1. The van der Waals surface area contributed by atoms with E-state index >= 15 is 0 Å². The number of hydrogen-bond donors (Lipinski definition) is 1. The molecule has 0 heterocycles. The third-order valence-electron chi connectivity index (χ3n) is 1.85. The van der Waals surface area contributed by atoms with Crippen molar-refractivity contribution in [3.63, 3.8) is 0 Å². The van der Waals surface area contributed by atoms with Crippen molar-refractivity contribution < 1.29 is 9.53 Å². The topological polar surface area (TPSA) is 38.3 Å². The number of benzene rings is 1. The smallest absolute Gasteiger partial charge is 0.407 e. The van der Waals surface area contributed by atoms with Crippen LogP contribution in [0.5, 0.6) is 0 Å². The molecule has 1 unspecified atom stereocenters. The molecule has 16 heavy (non-hydrogen) atoms. The quantitative estimate of drug-likeness (QED) is 0.829. The molecular weight excluding hydrogens is 338 g/mol. The Balaban J connectivity index is 2.20. The number of hydrogen-bond acceptors (Lipinski definition) is 2. The summed E-state index contributed by atoms with van der Waals surface area (Å²) in [6.45, 7) is 0.840. The Hall–Kier alpha value is -0.550. The summed E-state index contributed by atoms with van der Waals surface area (Å²) in [5, 5.41) is 3.45. The number of rotatable bonds is 5. The van der Waals surface area contributed by atoms with E-state index in [1.54, 1.807) is 0 Å². The number of ether oxygens (including phenoxy) is 1. The Bertz CT molecular complexity index is 319. The standard InChI is InChI=1S/C11H13Br2NO2/c12-6-10(13)7-14-11(15)16-8-9-4-2-1-3-5-9/h1-5,10H,6-8H2,(H,14,15). The Morgan fingerprint density at radius 3 is 2.69 bits per heavy atom. The van der Waals surface area contributed by atoms with Crippen molar-refractivity contribution in [1.29, 1.82) is 0 Å². The van der Waals surface area contributed by atoms with Gasteiger partial charge in [0.25, 0.3) is 0 Å². The molecule has 0 fully saturated rings. The van der Waals surface area contributed by atoms with E-state index in [9.17, 15) is 4.79 Å². The molecule has 0 aliphatic rings. The van der Waals surface area contributed by atoms with Gasteiger partial charge in [-0.25, -0.2) is 4.79 Å². The van der Waals surface area contributed by atoms with Gasteiger partial charge in [0.2, 0.25) is 0 Å². The van der Waals surface area contributed by atoms with Gasteiger partial charge < -0.3 is 10.1 Å². The number of alkyl carbamates (subject to hydrolysis) is 1. The summed E-state index contributed by atoms with van der Waals surface area (Å²) < 4.78 is 5.04. The summed E-state index contributed by atoms with van der Waals surface area (Å²) in [7, 11) is 0. The molecule has 0 aromatic heterocycles. The second kappa shape index (κ2) is 7.68. The van der Waals surface area contributed by atoms with Crippen LogP contribution in [0.25, 0.3) is 0 Å². The molecule has 1 amide bonds. The molecule has 1 rings (SSSR count). The van der Waals surface area contributed by atoms with Gasteiger partial charge in [-0.1, -0.05) is 62.2 Å². The maximum Gasteiger partial charge on any atom is 0.407 e. The number of halogens is 2. The lowest BCUT2D eigenvalue weighted by molar-refractivity contribution is 0.140. The summed E-state index contributed by atoms with van der Waals surface area (Å²) in [5.41, 5.74) is 0.980. The van der Waals surface area contributed by atoms with Gasteiger partial charge in [-0.3, -0.25) is 0 Å². The highest BCUT2D eigenvalue weighted by Gasteiger charge is 2.06. The van der Waals surface area contributed by atoms with Crippen LogP contribution in [0.2, 0.25) is 0 Å². The monoisotopic (exact) mass is 349 g/mol. The van der Waals surface area contributed by atoms with Gasteiger partial charge in [0.1, 0.15) is 6.61 Å². The molecule has 0 saturated carbocycles.